The zero-order valence-corrected chi connectivity index (χ0v) is 9.90. The second kappa shape index (κ2) is 3.72. The monoisotopic (exact) mass is 225 g/mol. The van der Waals surface area contributed by atoms with Crippen LogP contribution in [-0.4, -0.2) is 6.54 Å². The zero-order chi connectivity index (χ0) is 11.9. The number of anilines is 1. The largest absolute Gasteiger partial charge is 0.382 e. The summed E-state index contributed by atoms with van der Waals surface area (Å²) < 4.78 is 26.7. The molecule has 0 spiro atoms. The summed E-state index contributed by atoms with van der Waals surface area (Å²) in [6.45, 7) is 7.07. The lowest BCUT2D eigenvalue weighted by molar-refractivity contribution is 0.288. The van der Waals surface area contributed by atoms with Crippen LogP contribution < -0.4 is 5.32 Å². The summed E-state index contributed by atoms with van der Waals surface area (Å²) in [4.78, 5) is 0. The molecule has 3 heteroatoms. The number of hydrogen-bond donors (Lipinski definition) is 1. The van der Waals surface area contributed by atoms with Crippen LogP contribution in [0.3, 0.4) is 0 Å². The van der Waals surface area contributed by atoms with E-state index in [9.17, 15) is 8.78 Å². The standard InChI is InChI=1S/C13H17F2N/c1-4-13(2,3)10-7-16-12-9(10)5-8(14)6-11(12)15/h5-6,10,16H,4,7H2,1-3H3. The summed E-state index contributed by atoms with van der Waals surface area (Å²) in [6.07, 6.45) is 0.983. The van der Waals surface area contributed by atoms with Gasteiger partial charge in [-0.3, -0.25) is 0 Å². The molecule has 2 rings (SSSR count). The van der Waals surface area contributed by atoms with Crippen molar-refractivity contribution in [2.24, 2.45) is 5.41 Å². The summed E-state index contributed by atoms with van der Waals surface area (Å²) in [7, 11) is 0. The van der Waals surface area contributed by atoms with E-state index in [1.54, 1.807) is 0 Å². The van der Waals surface area contributed by atoms with E-state index in [2.05, 4.69) is 26.1 Å². The molecular weight excluding hydrogens is 208 g/mol. The first-order chi connectivity index (χ1) is 7.45. The van der Waals surface area contributed by atoms with Crippen LogP contribution in [0.1, 0.15) is 38.7 Å². The Morgan fingerprint density at radius 3 is 2.69 bits per heavy atom. The Labute approximate surface area is 94.9 Å². The maximum Gasteiger partial charge on any atom is 0.149 e. The quantitative estimate of drug-likeness (QED) is 0.804. The molecule has 1 unspecified atom stereocenters. The molecule has 1 atom stereocenters. The molecule has 0 aromatic heterocycles. The maximum absolute atomic E-state index is 13.5. The van der Waals surface area contributed by atoms with Gasteiger partial charge in [0.1, 0.15) is 11.6 Å². The molecule has 1 N–H and O–H groups in total. The van der Waals surface area contributed by atoms with Crippen LogP contribution in [0.2, 0.25) is 0 Å². The third-order valence-corrected chi connectivity index (χ3v) is 3.80. The van der Waals surface area contributed by atoms with Gasteiger partial charge in [-0.15, -0.1) is 0 Å². The molecule has 1 aromatic carbocycles. The predicted octanol–water partition coefficient (Wildman–Crippen LogP) is 3.91. The van der Waals surface area contributed by atoms with E-state index in [-0.39, 0.29) is 11.3 Å². The van der Waals surface area contributed by atoms with Crippen LogP contribution >= 0.6 is 0 Å². The van der Waals surface area contributed by atoms with E-state index >= 15 is 0 Å². The molecule has 0 radical (unpaired) electrons. The number of rotatable bonds is 2. The Morgan fingerprint density at radius 1 is 1.38 bits per heavy atom. The third kappa shape index (κ3) is 1.68. The molecule has 1 aromatic rings. The van der Waals surface area contributed by atoms with Crippen LogP contribution in [0.25, 0.3) is 0 Å². The molecule has 0 fully saturated rings. The summed E-state index contributed by atoms with van der Waals surface area (Å²) in [5.74, 6) is -0.793. The Morgan fingerprint density at radius 2 is 2.06 bits per heavy atom. The van der Waals surface area contributed by atoms with E-state index in [1.165, 1.54) is 6.07 Å². The number of benzene rings is 1. The molecule has 1 heterocycles. The minimum atomic E-state index is -0.489. The van der Waals surface area contributed by atoms with Crippen molar-refractivity contribution in [3.8, 4) is 0 Å². The van der Waals surface area contributed by atoms with Crippen molar-refractivity contribution < 1.29 is 8.78 Å². The highest BCUT2D eigenvalue weighted by Crippen LogP contribution is 2.45. The summed E-state index contributed by atoms with van der Waals surface area (Å²) in [5.41, 5.74) is 1.32. The first-order valence-electron chi connectivity index (χ1n) is 5.68. The topological polar surface area (TPSA) is 12.0 Å². The maximum atomic E-state index is 13.5. The SMILES string of the molecule is CCC(C)(C)C1CNc2c(F)cc(F)cc21. The molecule has 16 heavy (non-hydrogen) atoms. The molecule has 0 bridgehead atoms. The van der Waals surface area contributed by atoms with Crippen LogP contribution in [0.5, 0.6) is 0 Å². The molecule has 0 amide bonds. The van der Waals surface area contributed by atoms with Crippen molar-refractivity contribution in [3.63, 3.8) is 0 Å². The second-order valence-corrected chi connectivity index (χ2v) is 5.13. The highest BCUT2D eigenvalue weighted by Gasteiger charge is 2.36. The summed E-state index contributed by atoms with van der Waals surface area (Å²) >= 11 is 0. The lowest BCUT2D eigenvalue weighted by atomic mass is 9.74. The van der Waals surface area contributed by atoms with Crippen molar-refractivity contribution in [1.29, 1.82) is 0 Å². The molecule has 1 aliphatic heterocycles. The minimum absolute atomic E-state index is 0.0541. The fourth-order valence-electron chi connectivity index (χ4n) is 2.31. The molecule has 1 nitrogen and oxygen atoms in total. The molecular formula is C13H17F2N. The van der Waals surface area contributed by atoms with Crippen molar-refractivity contribution in [2.45, 2.75) is 33.1 Å². The zero-order valence-electron chi connectivity index (χ0n) is 9.90. The van der Waals surface area contributed by atoms with Crippen molar-refractivity contribution in [1.82, 2.24) is 0 Å². The van der Waals surface area contributed by atoms with Gasteiger partial charge in [-0.25, -0.2) is 8.78 Å². The van der Waals surface area contributed by atoms with Crippen molar-refractivity contribution in [3.05, 3.63) is 29.3 Å². The average molecular weight is 225 g/mol. The number of fused-ring (bicyclic) bond motifs is 1. The lowest BCUT2D eigenvalue weighted by Crippen LogP contribution is -2.22. The van der Waals surface area contributed by atoms with Crippen LogP contribution in [0, 0.1) is 17.0 Å². The van der Waals surface area contributed by atoms with Gasteiger partial charge in [0.25, 0.3) is 0 Å². The first-order valence-corrected chi connectivity index (χ1v) is 5.68. The second-order valence-electron chi connectivity index (χ2n) is 5.13. The Kier molecular flexibility index (Phi) is 2.64. The minimum Gasteiger partial charge on any atom is -0.382 e. The van der Waals surface area contributed by atoms with Gasteiger partial charge in [-0.05, 0) is 17.0 Å². The van der Waals surface area contributed by atoms with Crippen LogP contribution in [-0.2, 0) is 0 Å². The predicted molar refractivity (Wildman–Crippen MR) is 61.7 cm³/mol. The van der Waals surface area contributed by atoms with E-state index in [1.807, 2.05) is 0 Å². The Balaban J connectivity index is 2.47. The van der Waals surface area contributed by atoms with Gasteiger partial charge < -0.3 is 5.32 Å². The molecule has 0 saturated carbocycles. The lowest BCUT2D eigenvalue weighted by Gasteiger charge is -2.30. The van der Waals surface area contributed by atoms with Gasteiger partial charge in [0.2, 0.25) is 0 Å². The molecule has 88 valence electrons. The van der Waals surface area contributed by atoms with E-state index in [0.717, 1.165) is 18.1 Å². The number of hydrogen-bond acceptors (Lipinski definition) is 1. The third-order valence-electron chi connectivity index (χ3n) is 3.80. The van der Waals surface area contributed by atoms with Gasteiger partial charge in [-0.1, -0.05) is 27.2 Å². The Hall–Kier alpha value is -1.12. The van der Waals surface area contributed by atoms with Gasteiger partial charge in [-0.2, -0.15) is 0 Å². The van der Waals surface area contributed by atoms with Crippen molar-refractivity contribution >= 4 is 5.69 Å². The highest BCUT2D eigenvalue weighted by atomic mass is 19.1. The van der Waals surface area contributed by atoms with Crippen LogP contribution in [0.15, 0.2) is 12.1 Å². The molecule has 0 saturated heterocycles. The van der Waals surface area contributed by atoms with Crippen LogP contribution in [0.4, 0.5) is 14.5 Å². The fourth-order valence-corrected chi connectivity index (χ4v) is 2.31. The van der Waals surface area contributed by atoms with Gasteiger partial charge in [0.15, 0.2) is 0 Å². The van der Waals surface area contributed by atoms with Gasteiger partial charge in [0.05, 0.1) is 5.69 Å². The van der Waals surface area contributed by atoms with Crippen molar-refractivity contribution in [2.75, 3.05) is 11.9 Å². The molecule has 1 aliphatic rings. The number of halogens is 2. The molecule has 0 aliphatic carbocycles. The average Bonchev–Trinajstić information content (AvgIpc) is 2.62. The fraction of sp³-hybridized carbons (Fsp3) is 0.538. The van der Waals surface area contributed by atoms with Gasteiger partial charge in [0, 0.05) is 18.5 Å². The Bertz CT molecular complexity index is 413. The van der Waals surface area contributed by atoms with E-state index < -0.39 is 11.6 Å². The summed E-state index contributed by atoms with van der Waals surface area (Å²) in [6, 6.07) is 2.40. The first kappa shape index (κ1) is 11.4. The summed E-state index contributed by atoms with van der Waals surface area (Å²) in [5, 5.41) is 3.04. The highest BCUT2D eigenvalue weighted by molar-refractivity contribution is 5.59. The van der Waals surface area contributed by atoms with E-state index in [4.69, 9.17) is 0 Å². The normalized spacial score (nSPS) is 19.4. The number of nitrogens with one attached hydrogen (secondary N) is 1. The smallest absolute Gasteiger partial charge is 0.149 e. The van der Waals surface area contributed by atoms with Gasteiger partial charge >= 0.3 is 0 Å². The van der Waals surface area contributed by atoms with E-state index in [0.29, 0.717) is 12.2 Å².